The van der Waals surface area contributed by atoms with Crippen molar-refractivity contribution < 1.29 is 9.90 Å². The first kappa shape index (κ1) is 14.1. The van der Waals surface area contributed by atoms with Crippen molar-refractivity contribution in [3.63, 3.8) is 0 Å². The lowest BCUT2D eigenvalue weighted by atomic mass is 9.98. The highest BCUT2D eigenvalue weighted by molar-refractivity contribution is 5.83. The molecule has 0 bridgehead atoms. The standard InChI is InChI=1S/C16H23NO2/c1-3-13-4-6-14(7-5-13)12(2)15(19)17-10-16(11-18)8-9-16/h4-7,12,18H,3,8-11H2,1-2H3,(H,17,19). The molecule has 1 aliphatic rings. The third kappa shape index (κ3) is 3.35. The number of benzene rings is 1. The Morgan fingerprint density at radius 1 is 1.37 bits per heavy atom. The van der Waals surface area contributed by atoms with E-state index < -0.39 is 0 Å². The van der Waals surface area contributed by atoms with Gasteiger partial charge in [-0.1, -0.05) is 31.2 Å². The van der Waals surface area contributed by atoms with E-state index in [-0.39, 0.29) is 23.8 Å². The molecule has 1 atom stereocenters. The van der Waals surface area contributed by atoms with Crippen molar-refractivity contribution >= 4 is 5.91 Å². The van der Waals surface area contributed by atoms with Gasteiger partial charge in [0.2, 0.25) is 5.91 Å². The molecule has 1 aromatic rings. The van der Waals surface area contributed by atoms with E-state index in [0.717, 1.165) is 24.8 Å². The Morgan fingerprint density at radius 2 is 2.00 bits per heavy atom. The van der Waals surface area contributed by atoms with Gasteiger partial charge in [0.15, 0.2) is 0 Å². The average Bonchev–Trinajstić information content (AvgIpc) is 3.25. The number of carbonyl (C=O) groups excluding carboxylic acids is 1. The molecule has 104 valence electrons. The first-order chi connectivity index (χ1) is 9.10. The van der Waals surface area contributed by atoms with Crippen LogP contribution in [0.1, 0.15) is 43.7 Å². The van der Waals surface area contributed by atoms with E-state index in [0.29, 0.717) is 6.54 Å². The maximum absolute atomic E-state index is 12.1. The monoisotopic (exact) mass is 261 g/mol. The molecule has 1 fully saturated rings. The number of hydrogen-bond donors (Lipinski definition) is 2. The summed E-state index contributed by atoms with van der Waals surface area (Å²) in [7, 11) is 0. The van der Waals surface area contributed by atoms with Gasteiger partial charge in [-0.05, 0) is 37.3 Å². The van der Waals surface area contributed by atoms with E-state index in [4.69, 9.17) is 0 Å². The highest BCUT2D eigenvalue weighted by Gasteiger charge is 2.42. The highest BCUT2D eigenvalue weighted by Crippen LogP contribution is 2.44. The van der Waals surface area contributed by atoms with Crippen LogP contribution in [0.4, 0.5) is 0 Å². The van der Waals surface area contributed by atoms with Crippen LogP contribution in [0.25, 0.3) is 0 Å². The molecule has 0 heterocycles. The predicted molar refractivity (Wildman–Crippen MR) is 76.0 cm³/mol. The number of aliphatic hydroxyl groups is 1. The number of hydrogen-bond acceptors (Lipinski definition) is 2. The predicted octanol–water partition coefficient (Wildman–Crippen LogP) is 2.24. The van der Waals surface area contributed by atoms with Gasteiger partial charge in [0.25, 0.3) is 0 Å². The third-order valence-corrected chi connectivity index (χ3v) is 4.21. The van der Waals surface area contributed by atoms with Crippen molar-refractivity contribution in [2.75, 3.05) is 13.2 Å². The number of carbonyl (C=O) groups is 1. The topological polar surface area (TPSA) is 49.3 Å². The van der Waals surface area contributed by atoms with E-state index in [1.165, 1.54) is 5.56 Å². The van der Waals surface area contributed by atoms with Crippen LogP contribution in [0.2, 0.25) is 0 Å². The fraction of sp³-hybridized carbons (Fsp3) is 0.562. The average molecular weight is 261 g/mol. The zero-order valence-electron chi connectivity index (χ0n) is 11.8. The quantitative estimate of drug-likeness (QED) is 0.825. The van der Waals surface area contributed by atoms with E-state index in [1.807, 2.05) is 19.1 Å². The van der Waals surface area contributed by atoms with Gasteiger partial charge in [-0.3, -0.25) is 4.79 Å². The van der Waals surface area contributed by atoms with Gasteiger partial charge in [0, 0.05) is 12.0 Å². The molecule has 1 aromatic carbocycles. The van der Waals surface area contributed by atoms with Crippen LogP contribution in [0.3, 0.4) is 0 Å². The summed E-state index contributed by atoms with van der Waals surface area (Å²) >= 11 is 0. The number of amides is 1. The van der Waals surface area contributed by atoms with Gasteiger partial charge >= 0.3 is 0 Å². The van der Waals surface area contributed by atoms with E-state index >= 15 is 0 Å². The van der Waals surface area contributed by atoms with Crippen LogP contribution in [-0.4, -0.2) is 24.2 Å². The second-order valence-electron chi connectivity index (χ2n) is 5.69. The molecule has 1 unspecified atom stereocenters. The largest absolute Gasteiger partial charge is 0.396 e. The minimum Gasteiger partial charge on any atom is -0.396 e. The molecular weight excluding hydrogens is 238 g/mol. The molecule has 0 saturated heterocycles. The maximum Gasteiger partial charge on any atom is 0.227 e. The Bertz CT molecular complexity index is 435. The SMILES string of the molecule is CCc1ccc(C(C)C(=O)NCC2(CO)CC2)cc1. The van der Waals surface area contributed by atoms with Crippen LogP contribution >= 0.6 is 0 Å². The fourth-order valence-corrected chi connectivity index (χ4v) is 2.19. The molecule has 2 N–H and O–H groups in total. The molecule has 3 heteroatoms. The Labute approximate surface area is 115 Å². The van der Waals surface area contributed by atoms with Crippen molar-refractivity contribution in [2.24, 2.45) is 5.41 Å². The van der Waals surface area contributed by atoms with Crippen molar-refractivity contribution in [1.82, 2.24) is 5.32 Å². The number of aliphatic hydroxyl groups excluding tert-OH is 1. The van der Waals surface area contributed by atoms with Gasteiger partial charge in [0.1, 0.15) is 0 Å². The van der Waals surface area contributed by atoms with E-state index in [2.05, 4.69) is 24.4 Å². The van der Waals surface area contributed by atoms with Gasteiger partial charge < -0.3 is 10.4 Å². The van der Waals surface area contributed by atoms with Crippen LogP contribution in [0, 0.1) is 5.41 Å². The molecule has 3 nitrogen and oxygen atoms in total. The second-order valence-corrected chi connectivity index (χ2v) is 5.69. The van der Waals surface area contributed by atoms with E-state index in [1.54, 1.807) is 0 Å². The molecular formula is C16H23NO2. The first-order valence-electron chi connectivity index (χ1n) is 7.07. The molecule has 19 heavy (non-hydrogen) atoms. The fourth-order valence-electron chi connectivity index (χ4n) is 2.19. The summed E-state index contributed by atoms with van der Waals surface area (Å²) in [5.74, 6) is -0.0932. The summed E-state index contributed by atoms with van der Waals surface area (Å²) in [5.41, 5.74) is 2.30. The number of rotatable bonds is 6. The Hall–Kier alpha value is -1.35. The Kier molecular flexibility index (Phi) is 4.25. The number of aryl methyl sites for hydroxylation is 1. The van der Waals surface area contributed by atoms with Crippen molar-refractivity contribution in [3.8, 4) is 0 Å². The Balaban J connectivity index is 1.90. The Morgan fingerprint density at radius 3 is 2.47 bits per heavy atom. The first-order valence-corrected chi connectivity index (χ1v) is 7.07. The summed E-state index contributed by atoms with van der Waals surface area (Å²) in [6.07, 6.45) is 3.05. The summed E-state index contributed by atoms with van der Waals surface area (Å²) in [6, 6.07) is 8.22. The molecule has 2 rings (SSSR count). The van der Waals surface area contributed by atoms with Crippen LogP contribution in [-0.2, 0) is 11.2 Å². The lowest BCUT2D eigenvalue weighted by molar-refractivity contribution is -0.122. The minimum atomic E-state index is -0.139. The molecule has 0 aromatic heterocycles. The smallest absolute Gasteiger partial charge is 0.227 e. The summed E-state index contributed by atoms with van der Waals surface area (Å²) < 4.78 is 0. The third-order valence-electron chi connectivity index (χ3n) is 4.21. The molecule has 0 aliphatic heterocycles. The zero-order valence-corrected chi connectivity index (χ0v) is 11.8. The van der Waals surface area contributed by atoms with Crippen molar-refractivity contribution in [2.45, 2.75) is 39.0 Å². The maximum atomic E-state index is 12.1. The normalized spacial score (nSPS) is 17.8. The van der Waals surface area contributed by atoms with Crippen molar-refractivity contribution in [1.29, 1.82) is 0 Å². The molecule has 0 spiro atoms. The van der Waals surface area contributed by atoms with Gasteiger partial charge in [-0.2, -0.15) is 0 Å². The summed E-state index contributed by atoms with van der Waals surface area (Å²) in [6.45, 7) is 4.82. The van der Waals surface area contributed by atoms with Crippen LogP contribution < -0.4 is 5.32 Å². The molecule has 0 radical (unpaired) electrons. The van der Waals surface area contributed by atoms with Gasteiger partial charge in [-0.25, -0.2) is 0 Å². The number of nitrogens with one attached hydrogen (secondary N) is 1. The molecule has 1 amide bonds. The highest BCUT2D eigenvalue weighted by atomic mass is 16.3. The second kappa shape index (κ2) is 5.74. The molecule has 1 saturated carbocycles. The van der Waals surface area contributed by atoms with Crippen LogP contribution in [0.15, 0.2) is 24.3 Å². The minimum absolute atomic E-state index is 0.0263. The van der Waals surface area contributed by atoms with Gasteiger partial charge in [-0.15, -0.1) is 0 Å². The lowest BCUT2D eigenvalue weighted by Gasteiger charge is -2.16. The van der Waals surface area contributed by atoms with Crippen LogP contribution in [0.5, 0.6) is 0 Å². The van der Waals surface area contributed by atoms with E-state index in [9.17, 15) is 9.90 Å². The van der Waals surface area contributed by atoms with Crippen molar-refractivity contribution in [3.05, 3.63) is 35.4 Å². The van der Waals surface area contributed by atoms with Gasteiger partial charge in [0.05, 0.1) is 12.5 Å². The summed E-state index contributed by atoms with van der Waals surface area (Å²) in [5, 5.41) is 12.2. The molecule has 1 aliphatic carbocycles. The summed E-state index contributed by atoms with van der Waals surface area (Å²) in [4.78, 5) is 12.1. The zero-order chi connectivity index (χ0) is 13.9. The lowest BCUT2D eigenvalue weighted by Crippen LogP contribution is -2.34.